The molecule has 0 aromatic carbocycles. The fourth-order valence-corrected chi connectivity index (χ4v) is 0.852. The Kier molecular flexibility index (Phi) is 6.09. The molecular weight excluding hydrogens is 188 g/mol. The highest BCUT2D eigenvalue weighted by Crippen LogP contribution is 2.04. The van der Waals surface area contributed by atoms with Gasteiger partial charge in [-0.2, -0.15) is 5.10 Å². The number of hydrazone groups is 1. The number of methoxy groups -OCH3 is 1. The number of hydrogen-bond donors (Lipinski definition) is 1. The minimum absolute atomic E-state index is 0.110. The van der Waals surface area contributed by atoms with Gasteiger partial charge in [0, 0.05) is 6.21 Å². The molecule has 0 radical (unpaired) electrons. The van der Waals surface area contributed by atoms with E-state index in [0.717, 1.165) is 6.21 Å². The van der Waals surface area contributed by atoms with Crippen molar-refractivity contribution >= 4 is 18.2 Å². The van der Waals surface area contributed by atoms with Gasteiger partial charge in [-0.05, 0) is 6.92 Å². The van der Waals surface area contributed by atoms with Gasteiger partial charge >= 0.3 is 11.9 Å². The fraction of sp³-hybridized carbons (Fsp3) is 0.625. The van der Waals surface area contributed by atoms with E-state index in [2.05, 4.69) is 14.6 Å². The SMILES string of the molecule is CCOC(=O)CC(C=NN)C(=O)OC. The second kappa shape index (κ2) is 6.88. The van der Waals surface area contributed by atoms with Crippen LogP contribution in [0.3, 0.4) is 0 Å². The zero-order valence-electron chi connectivity index (χ0n) is 8.23. The summed E-state index contributed by atoms with van der Waals surface area (Å²) in [6.45, 7) is 1.95. The Morgan fingerprint density at radius 3 is 2.64 bits per heavy atom. The van der Waals surface area contributed by atoms with Crippen LogP contribution in [0.25, 0.3) is 0 Å². The molecule has 0 fully saturated rings. The van der Waals surface area contributed by atoms with Crippen LogP contribution in [0, 0.1) is 5.92 Å². The summed E-state index contributed by atoms with van der Waals surface area (Å²) in [5, 5.41) is 3.18. The lowest BCUT2D eigenvalue weighted by Gasteiger charge is -2.08. The molecule has 0 amide bonds. The number of nitrogens with two attached hydrogens (primary N) is 1. The molecule has 0 rings (SSSR count). The Hall–Kier alpha value is -1.59. The topological polar surface area (TPSA) is 91.0 Å². The van der Waals surface area contributed by atoms with Crippen molar-refractivity contribution < 1.29 is 19.1 Å². The van der Waals surface area contributed by atoms with Crippen molar-refractivity contribution in [2.45, 2.75) is 13.3 Å². The van der Waals surface area contributed by atoms with Gasteiger partial charge < -0.3 is 15.3 Å². The maximum absolute atomic E-state index is 11.1. The predicted molar refractivity (Wildman–Crippen MR) is 49.4 cm³/mol. The smallest absolute Gasteiger partial charge is 0.314 e. The Bertz CT molecular complexity index is 227. The highest BCUT2D eigenvalue weighted by atomic mass is 16.5. The van der Waals surface area contributed by atoms with E-state index < -0.39 is 17.9 Å². The number of hydrogen-bond acceptors (Lipinski definition) is 6. The summed E-state index contributed by atoms with van der Waals surface area (Å²) in [7, 11) is 1.23. The number of carbonyl (C=O) groups excluding carboxylic acids is 2. The minimum atomic E-state index is -0.774. The first-order valence-corrected chi connectivity index (χ1v) is 4.12. The van der Waals surface area contributed by atoms with Crippen molar-refractivity contribution in [3.05, 3.63) is 0 Å². The van der Waals surface area contributed by atoms with Crippen LogP contribution in [0.4, 0.5) is 0 Å². The van der Waals surface area contributed by atoms with E-state index in [0.29, 0.717) is 0 Å². The Labute approximate surface area is 82.0 Å². The molecular formula is C8H14N2O4. The summed E-state index contributed by atoms with van der Waals surface area (Å²) in [6, 6.07) is 0. The quantitative estimate of drug-likeness (QED) is 0.285. The molecule has 80 valence electrons. The van der Waals surface area contributed by atoms with Gasteiger partial charge in [0.05, 0.1) is 20.1 Å². The molecule has 0 aliphatic carbocycles. The highest BCUT2D eigenvalue weighted by molar-refractivity contribution is 5.93. The van der Waals surface area contributed by atoms with E-state index in [1.165, 1.54) is 7.11 Å². The average Bonchev–Trinajstić information content (AvgIpc) is 2.16. The van der Waals surface area contributed by atoms with Crippen LogP contribution in [-0.4, -0.2) is 31.9 Å². The molecule has 0 saturated heterocycles. The van der Waals surface area contributed by atoms with Crippen molar-refractivity contribution in [2.75, 3.05) is 13.7 Å². The Balaban J connectivity index is 4.22. The van der Waals surface area contributed by atoms with Crippen LogP contribution < -0.4 is 5.84 Å². The normalized spacial score (nSPS) is 12.4. The Morgan fingerprint density at radius 2 is 2.21 bits per heavy atom. The Morgan fingerprint density at radius 1 is 1.57 bits per heavy atom. The van der Waals surface area contributed by atoms with Crippen LogP contribution in [0.5, 0.6) is 0 Å². The molecule has 14 heavy (non-hydrogen) atoms. The molecule has 0 heterocycles. The summed E-state index contributed by atoms with van der Waals surface area (Å²) in [5.41, 5.74) is 0. The van der Waals surface area contributed by atoms with Crippen LogP contribution in [-0.2, 0) is 19.1 Å². The summed E-state index contributed by atoms with van der Waals surface area (Å²) in [5.74, 6) is 3.06. The number of rotatable bonds is 5. The van der Waals surface area contributed by atoms with E-state index in [4.69, 9.17) is 5.84 Å². The lowest BCUT2D eigenvalue weighted by molar-refractivity contribution is -0.150. The third kappa shape index (κ3) is 4.44. The van der Waals surface area contributed by atoms with Crippen molar-refractivity contribution in [2.24, 2.45) is 16.9 Å². The lowest BCUT2D eigenvalue weighted by atomic mass is 10.1. The number of carbonyl (C=O) groups is 2. The summed E-state index contributed by atoms with van der Waals surface area (Å²) >= 11 is 0. The molecule has 0 aromatic rings. The summed E-state index contributed by atoms with van der Waals surface area (Å²) in [4.78, 5) is 22.1. The number of esters is 2. The zero-order valence-corrected chi connectivity index (χ0v) is 8.23. The minimum Gasteiger partial charge on any atom is -0.469 e. The van der Waals surface area contributed by atoms with Gasteiger partial charge in [-0.3, -0.25) is 9.59 Å². The molecule has 0 aliphatic heterocycles. The maximum Gasteiger partial charge on any atom is 0.314 e. The zero-order chi connectivity index (χ0) is 11.0. The van der Waals surface area contributed by atoms with E-state index >= 15 is 0 Å². The second-order valence-corrected chi connectivity index (χ2v) is 2.44. The monoisotopic (exact) mass is 202 g/mol. The predicted octanol–water partition coefficient (Wildman–Crippen LogP) is -0.327. The molecule has 1 atom stereocenters. The molecule has 0 aromatic heterocycles. The molecule has 1 unspecified atom stereocenters. The van der Waals surface area contributed by atoms with Crippen LogP contribution >= 0.6 is 0 Å². The van der Waals surface area contributed by atoms with Gasteiger partial charge in [0.25, 0.3) is 0 Å². The fourth-order valence-electron chi connectivity index (χ4n) is 0.852. The van der Waals surface area contributed by atoms with Gasteiger partial charge in [-0.15, -0.1) is 0 Å². The first-order chi connectivity index (χ1) is 6.65. The van der Waals surface area contributed by atoms with Gasteiger partial charge in [0.1, 0.15) is 5.92 Å². The van der Waals surface area contributed by atoms with Crippen LogP contribution in [0.15, 0.2) is 5.10 Å². The highest BCUT2D eigenvalue weighted by Gasteiger charge is 2.21. The van der Waals surface area contributed by atoms with Crippen molar-refractivity contribution in [3.8, 4) is 0 Å². The van der Waals surface area contributed by atoms with Crippen LogP contribution in [0.1, 0.15) is 13.3 Å². The average molecular weight is 202 g/mol. The first-order valence-electron chi connectivity index (χ1n) is 4.12. The van der Waals surface area contributed by atoms with E-state index in [1.807, 2.05) is 0 Å². The first kappa shape index (κ1) is 12.4. The maximum atomic E-state index is 11.1. The van der Waals surface area contributed by atoms with Crippen LogP contribution in [0.2, 0.25) is 0 Å². The van der Waals surface area contributed by atoms with Gasteiger partial charge in [0.15, 0.2) is 0 Å². The summed E-state index contributed by atoms with van der Waals surface area (Å²) < 4.78 is 9.11. The van der Waals surface area contributed by atoms with Gasteiger partial charge in [0.2, 0.25) is 0 Å². The molecule has 0 bridgehead atoms. The van der Waals surface area contributed by atoms with Crippen molar-refractivity contribution in [3.63, 3.8) is 0 Å². The molecule has 6 heteroatoms. The molecule has 6 nitrogen and oxygen atoms in total. The third-order valence-electron chi connectivity index (χ3n) is 1.46. The van der Waals surface area contributed by atoms with Crippen molar-refractivity contribution in [1.82, 2.24) is 0 Å². The molecule has 0 aliphatic rings. The standard InChI is InChI=1S/C8H14N2O4/c1-3-14-7(11)4-6(5-10-9)8(12)13-2/h5-6H,3-4,9H2,1-2H3. The number of nitrogens with zero attached hydrogens (tertiary/aromatic N) is 1. The van der Waals surface area contributed by atoms with Crippen molar-refractivity contribution in [1.29, 1.82) is 0 Å². The number of ether oxygens (including phenoxy) is 2. The molecule has 0 spiro atoms. The second-order valence-electron chi connectivity index (χ2n) is 2.44. The molecule has 0 saturated carbocycles. The third-order valence-corrected chi connectivity index (χ3v) is 1.46. The van der Waals surface area contributed by atoms with Gasteiger partial charge in [-0.1, -0.05) is 0 Å². The lowest BCUT2D eigenvalue weighted by Crippen LogP contribution is -2.22. The van der Waals surface area contributed by atoms with E-state index in [-0.39, 0.29) is 13.0 Å². The summed E-state index contributed by atoms with van der Waals surface area (Å²) in [6.07, 6.45) is 1.05. The van der Waals surface area contributed by atoms with E-state index in [9.17, 15) is 9.59 Å². The molecule has 2 N–H and O–H groups in total. The largest absolute Gasteiger partial charge is 0.469 e. The van der Waals surface area contributed by atoms with E-state index in [1.54, 1.807) is 6.92 Å². The van der Waals surface area contributed by atoms with Gasteiger partial charge in [-0.25, -0.2) is 0 Å².